The molecule has 1 saturated heterocycles. The van der Waals surface area contributed by atoms with E-state index in [1.54, 1.807) is 54.6 Å². The van der Waals surface area contributed by atoms with Crippen LogP contribution in [-0.2, 0) is 4.79 Å². The van der Waals surface area contributed by atoms with Crippen LogP contribution in [0.1, 0.15) is 26.5 Å². The second-order valence-electron chi connectivity index (χ2n) is 7.99. The van der Waals surface area contributed by atoms with E-state index in [2.05, 4.69) is 15.5 Å². The van der Waals surface area contributed by atoms with Crippen LogP contribution in [0.15, 0.2) is 66.0 Å². The second-order valence-corrected chi connectivity index (χ2v) is 9.37. The van der Waals surface area contributed by atoms with Gasteiger partial charge in [-0.25, -0.2) is 0 Å². The summed E-state index contributed by atoms with van der Waals surface area (Å²) in [6, 6.07) is 17.6. The lowest BCUT2D eigenvalue weighted by Gasteiger charge is -2.22. The van der Waals surface area contributed by atoms with Gasteiger partial charge in [-0.2, -0.15) is 0 Å². The molecule has 34 heavy (non-hydrogen) atoms. The highest BCUT2D eigenvalue weighted by molar-refractivity contribution is 7.12. The fraction of sp³-hybridized carbons (Fsp3) is 0.240. The molecule has 9 heteroatoms. The lowest BCUT2D eigenvalue weighted by Crippen LogP contribution is -2.38. The summed E-state index contributed by atoms with van der Waals surface area (Å²) in [5.41, 5.74) is 1.90. The van der Waals surface area contributed by atoms with Crippen molar-refractivity contribution in [3.05, 3.63) is 81.5 Å². The Morgan fingerprint density at radius 1 is 0.882 bits per heavy atom. The molecule has 7 nitrogen and oxygen atoms in total. The van der Waals surface area contributed by atoms with E-state index in [4.69, 9.17) is 11.6 Å². The van der Waals surface area contributed by atoms with Crippen LogP contribution in [0.5, 0.6) is 0 Å². The van der Waals surface area contributed by atoms with Gasteiger partial charge in [-0.05, 0) is 60.3 Å². The van der Waals surface area contributed by atoms with Gasteiger partial charge in [0, 0.05) is 48.1 Å². The molecule has 0 bridgehead atoms. The molecule has 2 N–H and O–H groups in total. The van der Waals surface area contributed by atoms with Crippen molar-refractivity contribution in [3.63, 3.8) is 0 Å². The van der Waals surface area contributed by atoms with Crippen molar-refractivity contribution in [1.29, 1.82) is 0 Å². The van der Waals surface area contributed by atoms with Gasteiger partial charge in [0.25, 0.3) is 11.8 Å². The lowest BCUT2D eigenvalue weighted by atomic mass is 10.2. The predicted molar refractivity (Wildman–Crippen MR) is 136 cm³/mol. The Bertz CT molecular complexity index is 1150. The highest BCUT2D eigenvalue weighted by atomic mass is 35.5. The largest absolute Gasteiger partial charge is 0.337 e. The van der Waals surface area contributed by atoms with Crippen molar-refractivity contribution in [2.24, 2.45) is 0 Å². The zero-order valence-corrected chi connectivity index (χ0v) is 20.1. The molecule has 0 spiro atoms. The molecule has 1 aliphatic heterocycles. The van der Waals surface area contributed by atoms with E-state index in [1.807, 2.05) is 16.3 Å². The van der Waals surface area contributed by atoms with E-state index >= 15 is 0 Å². The molecular weight excluding hydrogens is 472 g/mol. The van der Waals surface area contributed by atoms with Crippen LogP contribution in [-0.4, -0.2) is 60.2 Å². The number of carbonyl (C=O) groups is 3. The van der Waals surface area contributed by atoms with Crippen molar-refractivity contribution < 1.29 is 14.4 Å². The predicted octanol–water partition coefficient (Wildman–Crippen LogP) is 4.44. The third-order valence-corrected chi connectivity index (χ3v) is 6.59. The molecule has 0 saturated carbocycles. The van der Waals surface area contributed by atoms with Crippen LogP contribution in [0.2, 0.25) is 5.02 Å². The van der Waals surface area contributed by atoms with Crippen molar-refractivity contribution >= 4 is 52.0 Å². The van der Waals surface area contributed by atoms with E-state index in [0.717, 1.165) is 13.0 Å². The maximum absolute atomic E-state index is 12.8. The summed E-state index contributed by atoms with van der Waals surface area (Å²) < 4.78 is 0. The quantitative estimate of drug-likeness (QED) is 0.528. The van der Waals surface area contributed by atoms with Crippen LogP contribution < -0.4 is 10.6 Å². The number of hydrogen-bond acceptors (Lipinski definition) is 5. The molecule has 0 atom stereocenters. The fourth-order valence-corrected chi connectivity index (χ4v) is 4.59. The minimum Gasteiger partial charge on any atom is -0.337 e. The third-order valence-electron chi connectivity index (χ3n) is 5.49. The number of amides is 3. The van der Waals surface area contributed by atoms with Crippen LogP contribution >= 0.6 is 22.9 Å². The molecule has 3 aromatic rings. The zero-order chi connectivity index (χ0) is 23.9. The number of halogens is 1. The minimum absolute atomic E-state index is 0.0416. The van der Waals surface area contributed by atoms with E-state index in [0.29, 0.717) is 46.5 Å². The molecule has 2 aromatic carbocycles. The first-order chi connectivity index (χ1) is 16.5. The van der Waals surface area contributed by atoms with Gasteiger partial charge in [0.2, 0.25) is 5.91 Å². The van der Waals surface area contributed by atoms with Crippen LogP contribution in [0.4, 0.5) is 11.4 Å². The zero-order valence-electron chi connectivity index (χ0n) is 18.5. The Kier molecular flexibility index (Phi) is 7.95. The molecule has 0 radical (unpaired) electrons. The highest BCUT2D eigenvalue weighted by Gasteiger charge is 2.21. The number of anilines is 2. The number of nitrogens with one attached hydrogen (secondary N) is 2. The summed E-state index contributed by atoms with van der Waals surface area (Å²) >= 11 is 7.40. The first kappa shape index (κ1) is 23.9. The first-order valence-corrected chi connectivity index (χ1v) is 12.3. The van der Waals surface area contributed by atoms with Gasteiger partial charge < -0.3 is 15.5 Å². The summed E-state index contributed by atoms with van der Waals surface area (Å²) in [7, 11) is 0. The SMILES string of the molecule is O=C(CN1CCCN(C(=O)c2cccc(Cl)c2)CC1)Nc1ccc(NC(=O)c2cccs2)cc1. The van der Waals surface area contributed by atoms with Gasteiger partial charge >= 0.3 is 0 Å². The van der Waals surface area contributed by atoms with Crippen molar-refractivity contribution in [2.45, 2.75) is 6.42 Å². The van der Waals surface area contributed by atoms with Crippen molar-refractivity contribution in [3.8, 4) is 0 Å². The molecule has 3 amide bonds. The number of thiophene rings is 1. The summed E-state index contributed by atoms with van der Waals surface area (Å²) in [5, 5.41) is 8.13. The maximum Gasteiger partial charge on any atom is 0.265 e. The number of benzene rings is 2. The van der Waals surface area contributed by atoms with Gasteiger partial charge in [0.1, 0.15) is 0 Å². The van der Waals surface area contributed by atoms with Gasteiger partial charge in [-0.1, -0.05) is 23.7 Å². The Hall–Kier alpha value is -3.20. The van der Waals surface area contributed by atoms with E-state index in [9.17, 15) is 14.4 Å². The monoisotopic (exact) mass is 496 g/mol. The Balaban J connectivity index is 1.25. The minimum atomic E-state index is -0.157. The lowest BCUT2D eigenvalue weighted by molar-refractivity contribution is -0.117. The molecule has 4 rings (SSSR count). The molecule has 0 aliphatic carbocycles. The van der Waals surface area contributed by atoms with Gasteiger partial charge in [-0.3, -0.25) is 19.3 Å². The summed E-state index contributed by atoms with van der Waals surface area (Å²) in [6.07, 6.45) is 0.790. The summed E-state index contributed by atoms with van der Waals surface area (Å²) in [6.45, 7) is 2.79. The number of carbonyl (C=O) groups excluding carboxylic acids is 3. The first-order valence-electron chi connectivity index (χ1n) is 11.0. The number of rotatable bonds is 6. The van der Waals surface area contributed by atoms with E-state index in [1.165, 1.54) is 11.3 Å². The maximum atomic E-state index is 12.8. The molecule has 176 valence electrons. The molecule has 2 heterocycles. The molecule has 1 aromatic heterocycles. The van der Waals surface area contributed by atoms with Crippen LogP contribution in [0.3, 0.4) is 0 Å². The summed E-state index contributed by atoms with van der Waals surface area (Å²) in [5.74, 6) is -0.319. The van der Waals surface area contributed by atoms with Crippen molar-refractivity contribution in [2.75, 3.05) is 43.4 Å². The molecular formula is C25H25ClN4O3S. The molecule has 0 unspecified atom stereocenters. The standard InChI is InChI=1S/C25H25ClN4O3S/c26-19-5-1-4-18(16-19)25(33)30-12-3-11-29(13-14-30)17-23(31)27-20-7-9-21(10-8-20)28-24(32)22-6-2-15-34-22/h1-2,4-10,15-16H,3,11-14,17H2,(H,27,31)(H,28,32). The van der Waals surface area contributed by atoms with E-state index in [-0.39, 0.29) is 24.3 Å². The van der Waals surface area contributed by atoms with Crippen molar-refractivity contribution in [1.82, 2.24) is 9.80 Å². The fourth-order valence-electron chi connectivity index (χ4n) is 3.78. The Morgan fingerprint density at radius 3 is 2.35 bits per heavy atom. The summed E-state index contributed by atoms with van der Waals surface area (Å²) in [4.78, 5) is 42.0. The van der Waals surface area contributed by atoms with Gasteiger partial charge in [0.05, 0.1) is 11.4 Å². The Labute approximate surface area is 207 Å². The van der Waals surface area contributed by atoms with Gasteiger partial charge in [-0.15, -0.1) is 11.3 Å². The normalized spacial score (nSPS) is 14.3. The molecule has 1 aliphatic rings. The second kappa shape index (κ2) is 11.3. The number of nitrogens with zero attached hydrogens (tertiary/aromatic N) is 2. The topological polar surface area (TPSA) is 81.8 Å². The molecule has 1 fully saturated rings. The van der Waals surface area contributed by atoms with Crippen LogP contribution in [0.25, 0.3) is 0 Å². The number of hydrogen-bond donors (Lipinski definition) is 2. The van der Waals surface area contributed by atoms with E-state index < -0.39 is 0 Å². The average molecular weight is 497 g/mol. The smallest absolute Gasteiger partial charge is 0.265 e. The van der Waals surface area contributed by atoms with Gasteiger partial charge in [0.15, 0.2) is 0 Å². The Morgan fingerprint density at radius 2 is 1.65 bits per heavy atom. The highest BCUT2D eigenvalue weighted by Crippen LogP contribution is 2.17. The third kappa shape index (κ3) is 6.44. The van der Waals surface area contributed by atoms with Crippen LogP contribution in [0, 0.1) is 0 Å². The average Bonchev–Trinajstić information content (AvgIpc) is 3.27.